The van der Waals surface area contributed by atoms with Crippen LogP contribution in [0.5, 0.6) is 11.5 Å². The maximum atomic E-state index is 13.6. The van der Waals surface area contributed by atoms with Gasteiger partial charge in [-0.15, -0.1) is 0 Å². The quantitative estimate of drug-likeness (QED) is 0.233. The first-order chi connectivity index (χ1) is 17.4. The molecule has 0 aromatic heterocycles. The second-order valence-corrected chi connectivity index (χ2v) is 8.75. The van der Waals surface area contributed by atoms with Gasteiger partial charge in [0.15, 0.2) is 11.5 Å². The lowest BCUT2D eigenvalue weighted by Gasteiger charge is -2.14. The molecule has 0 bridgehead atoms. The van der Waals surface area contributed by atoms with Gasteiger partial charge < -0.3 is 14.8 Å². The third kappa shape index (κ3) is 8.07. The molecule has 0 aliphatic heterocycles. The predicted molar refractivity (Wildman–Crippen MR) is 140 cm³/mol. The van der Waals surface area contributed by atoms with Crippen molar-refractivity contribution < 1.29 is 23.5 Å². The summed E-state index contributed by atoms with van der Waals surface area (Å²) < 4.78 is 26.0. The van der Waals surface area contributed by atoms with Crippen molar-refractivity contribution in [1.82, 2.24) is 10.7 Å². The number of hydrogen-bond acceptors (Lipinski definition) is 5. The zero-order chi connectivity index (χ0) is 25.9. The fourth-order valence-electron chi connectivity index (χ4n) is 3.07. The molecule has 0 aliphatic rings. The number of nitrogens with zero attached hydrogens (tertiary/aromatic N) is 1. The van der Waals surface area contributed by atoms with Gasteiger partial charge >= 0.3 is 0 Å². The van der Waals surface area contributed by atoms with Crippen LogP contribution in [0.3, 0.4) is 0 Å². The van der Waals surface area contributed by atoms with E-state index in [2.05, 4.69) is 31.8 Å². The highest BCUT2D eigenvalue weighted by molar-refractivity contribution is 9.10. The third-order valence-electron chi connectivity index (χ3n) is 4.79. The van der Waals surface area contributed by atoms with E-state index in [-0.39, 0.29) is 18.5 Å². The Kier molecular flexibility index (Phi) is 10.3. The molecule has 3 aromatic carbocycles. The van der Waals surface area contributed by atoms with Gasteiger partial charge in [-0.25, -0.2) is 9.82 Å². The number of hydrazone groups is 1. The topological polar surface area (TPSA) is 89.0 Å². The molecular formula is C26H24BrClFN3O4. The fourth-order valence-corrected chi connectivity index (χ4v) is 3.77. The van der Waals surface area contributed by atoms with Crippen LogP contribution in [0.15, 0.2) is 70.2 Å². The molecule has 0 aliphatic carbocycles. The molecule has 7 nitrogen and oxygen atoms in total. The van der Waals surface area contributed by atoms with Gasteiger partial charge in [0.05, 0.1) is 22.9 Å². The first kappa shape index (κ1) is 27.2. The number of nitrogens with one attached hydrogen (secondary N) is 2. The predicted octanol–water partition coefficient (Wildman–Crippen LogP) is 5.49. The number of halogens is 3. The summed E-state index contributed by atoms with van der Waals surface area (Å²) in [6.45, 7) is 2.66. The molecule has 0 atom stereocenters. The van der Waals surface area contributed by atoms with E-state index < -0.39 is 17.6 Å². The van der Waals surface area contributed by atoms with Crippen LogP contribution in [0.2, 0.25) is 5.02 Å². The van der Waals surface area contributed by atoms with Crippen LogP contribution >= 0.6 is 27.5 Å². The van der Waals surface area contributed by atoms with Crippen LogP contribution in [-0.2, 0) is 11.4 Å². The van der Waals surface area contributed by atoms with E-state index in [1.807, 2.05) is 19.1 Å². The van der Waals surface area contributed by atoms with Crippen molar-refractivity contribution in [2.45, 2.75) is 20.0 Å². The van der Waals surface area contributed by atoms with Gasteiger partial charge in [0.25, 0.3) is 5.91 Å². The van der Waals surface area contributed by atoms with Crippen LogP contribution in [0.4, 0.5) is 4.39 Å². The lowest BCUT2D eigenvalue weighted by atomic mass is 10.2. The second-order valence-electron chi connectivity index (χ2n) is 7.46. The van der Waals surface area contributed by atoms with Gasteiger partial charge in [0.2, 0.25) is 5.91 Å². The highest BCUT2D eigenvalue weighted by Gasteiger charge is 2.13. The van der Waals surface area contributed by atoms with E-state index in [4.69, 9.17) is 21.1 Å². The van der Waals surface area contributed by atoms with Gasteiger partial charge in [-0.05, 0) is 70.4 Å². The third-order valence-corrected chi connectivity index (χ3v) is 5.63. The van der Waals surface area contributed by atoms with Crippen LogP contribution in [0.1, 0.15) is 34.8 Å². The zero-order valence-electron chi connectivity index (χ0n) is 19.4. The summed E-state index contributed by atoms with van der Waals surface area (Å²) in [4.78, 5) is 24.0. The van der Waals surface area contributed by atoms with Crippen LogP contribution in [0.25, 0.3) is 0 Å². The minimum Gasteiger partial charge on any atom is -0.490 e. The zero-order valence-corrected chi connectivity index (χ0v) is 21.7. The standard InChI is InChI=1S/C26H24BrClFN3O4/c1-2-35-23-14-18(13-21(27)25(23)36-16-17-7-9-19(28)10-8-17)15-31-32-24(33)11-12-30-26(34)20-5-3-4-6-22(20)29/h3-10,13-15H,2,11-12,16H2,1H3,(H,30,34)(H,32,33). The highest BCUT2D eigenvalue weighted by Crippen LogP contribution is 2.37. The van der Waals surface area contributed by atoms with Crippen LogP contribution in [-0.4, -0.2) is 31.2 Å². The van der Waals surface area contributed by atoms with Crippen molar-refractivity contribution in [3.8, 4) is 11.5 Å². The normalized spacial score (nSPS) is 10.8. The number of carbonyl (C=O) groups excluding carboxylic acids is 2. The summed E-state index contributed by atoms with van der Waals surface area (Å²) >= 11 is 9.43. The number of carbonyl (C=O) groups is 2. The van der Waals surface area contributed by atoms with E-state index in [1.54, 1.807) is 30.3 Å². The summed E-state index contributed by atoms with van der Waals surface area (Å²) in [5.41, 5.74) is 3.94. The molecule has 3 aromatic rings. The molecule has 2 amide bonds. The van der Waals surface area contributed by atoms with Gasteiger partial charge in [-0.1, -0.05) is 35.9 Å². The minimum absolute atomic E-state index is 0.0249. The molecular weight excluding hydrogens is 553 g/mol. The monoisotopic (exact) mass is 575 g/mol. The summed E-state index contributed by atoms with van der Waals surface area (Å²) in [5.74, 6) is -0.561. The van der Waals surface area contributed by atoms with Crippen molar-refractivity contribution in [3.05, 3.63) is 92.7 Å². The summed E-state index contributed by atoms with van der Waals surface area (Å²) in [7, 11) is 0. The van der Waals surface area contributed by atoms with Gasteiger partial charge in [-0.3, -0.25) is 9.59 Å². The van der Waals surface area contributed by atoms with E-state index in [0.29, 0.717) is 39.8 Å². The van der Waals surface area contributed by atoms with Gasteiger partial charge in [-0.2, -0.15) is 5.10 Å². The first-order valence-corrected chi connectivity index (χ1v) is 12.2. The van der Waals surface area contributed by atoms with Crippen molar-refractivity contribution >= 4 is 45.6 Å². The molecule has 0 saturated carbocycles. The Bertz CT molecular complexity index is 1240. The molecule has 0 heterocycles. The maximum Gasteiger partial charge on any atom is 0.254 e. The largest absolute Gasteiger partial charge is 0.490 e. The van der Waals surface area contributed by atoms with Crippen molar-refractivity contribution in [2.75, 3.05) is 13.2 Å². The molecule has 3 rings (SSSR count). The Morgan fingerprint density at radius 1 is 1.11 bits per heavy atom. The molecule has 36 heavy (non-hydrogen) atoms. The van der Waals surface area contributed by atoms with Crippen molar-refractivity contribution in [1.29, 1.82) is 0 Å². The second kappa shape index (κ2) is 13.6. The number of rotatable bonds is 11. The van der Waals surface area contributed by atoms with Crippen molar-refractivity contribution in [2.24, 2.45) is 5.10 Å². The number of amides is 2. The Hall–Kier alpha value is -3.43. The summed E-state index contributed by atoms with van der Waals surface area (Å²) in [5, 5.41) is 7.12. The van der Waals surface area contributed by atoms with E-state index in [1.165, 1.54) is 24.4 Å². The molecule has 0 radical (unpaired) electrons. The molecule has 2 N–H and O–H groups in total. The molecule has 0 saturated heterocycles. The van der Waals surface area contributed by atoms with E-state index in [9.17, 15) is 14.0 Å². The van der Waals surface area contributed by atoms with Gasteiger partial charge in [0, 0.05) is 18.0 Å². The smallest absolute Gasteiger partial charge is 0.254 e. The SMILES string of the molecule is CCOc1cc(C=NNC(=O)CCNC(=O)c2ccccc2F)cc(Br)c1OCc1ccc(Cl)cc1. The molecule has 0 unspecified atom stereocenters. The van der Waals surface area contributed by atoms with E-state index >= 15 is 0 Å². The minimum atomic E-state index is -0.622. The lowest BCUT2D eigenvalue weighted by molar-refractivity contribution is -0.120. The average molecular weight is 577 g/mol. The Morgan fingerprint density at radius 3 is 2.58 bits per heavy atom. The molecule has 10 heteroatoms. The number of ether oxygens (including phenoxy) is 2. The summed E-state index contributed by atoms with van der Waals surface area (Å²) in [6, 6.07) is 16.5. The molecule has 188 valence electrons. The van der Waals surface area contributed by atoms with E-state index in [0.717, 1.165) is 5.56 Å². The molecule has 0 spiro atoms. The fraction of sp³-hybridized carbons (Fsp3) is 0.192. The van der Waals surface area contributed by atoms with Crippen molar-refractivity contribution in [3.63, 3.8) is 0 Å². The highest BCUT2D eigenvalue weighted by atomic mass is 79.9. The van der Waals surface area contributed by atoms with Gasteiger partial charge in [0.1, 0.15) is 12.4 Å². The lowest BCUT2D eigenvalue weighted by Crippen LogP contribution is -2.29. The first-order valence-electron chi connectivity index (χ1n) is 11.1. The Balaban J connectivity index is 1.54. The van der Waals surface area contributed by atoms with Crippen LogP contribution < -0.4 is 20.2 Å². The van der Waals surface area contributed by atoms with Crippen LogP contribution in [0, 0.1) is 5.82 Å². The Morgan fingerprint density at radius 2 is 1.86 bits per heavy atom. The maximum absolute atomic E-state index is 13.6. The number of benzene rings is 3. The Labute approximate surface area is 221 Å². The number of hydrogen-bond donors (Lipinski definition) is 2. The summed E-state index contributed by atoms with van der Waals surface area (Å²) in [6.07, 6.45) is 1.44. The molecule has 0 fully saturated rings. The average Bonchev–Trinajstić information content (AvgIpc) is 2.85.